The minimum atomic E-state index is -0.435. The summed E-state index contributed by atoms with van der Waals surface area (Å²) in [6, 6.07) is 0. The molecule has 1 amide bonds. The summed E-state index contributed by atoms with van der Waals surface area (Å²) in [5.41, 5.74) is 5.09. The molecule has 0 spiro atoms. The summed E-state index contributed by atoms with van der Waals surface area (Å²) in [4.78, 5) is 30.0. The van der Waals surface area contributed by atoms with E-state index >= 15 is 0 Å². The van der Waals surface area contributed by atoms with Crippen LogP contribution in [0, 0.1) is 0 Å². The molecule has 0 aliphatic rings. The Morgan fingerprint density at radius 2 is 1.54 bits per heavy atom. The first-order valence-corrected chi connectivity index (χ1v) is 3.82. The molecule has 0 radical (unpaired) electrons. The summed E-state index contributed by atoms with van der Waals surface area (Å²) in [6.07, 6.45) is 0.329. The molecular weight excluding hydrogens is 170 g/mol. The number of ketones is 2. The Labute approximate surface area is 77.8 Å². The molecule has 0 saturated heterocycles. The minimum absolute atomic E-state index is 0.292. The van der Waals surface area contributed by atoms with Crippen LogP contribution in [0.15, 0.2) is 12.2 Å². The molecule has 0 aliphatic heterocycles. The predicted molar refractivity (Wildman–Crippen MR) is 50.0 cm³/mol. The molecule has 0 aliphatic carbocycles. The SMILES string of the molecule is C=C(C)C(N)=O.CCC(=O)C(C)=O. The summed E-state index contributed by atoms with van der Waals surface area (Å²) in [7, 11) is 0. The molecule has 0 aromatic rings. The molecule has 0 unspecified atom stereocenters. The van der Waals surface area contributed by atoms with Crippen molar-refractivity contribution in [1.82, 2.24) is 0 Å². The van der Waals surface area contributed by atoms with Crippen molar-refractivity contribution in [3.8, 4) is 0 Å². The zero-order chi connectivity index (χ0) is 11.0. The van der Waals surface area contributed by atoms with Gasteiger partial charge in [-0.05, 0) is 6.92 Å². The quantitative estimate of drug-likeness (QED) is 0.516. The standard InChI is InChI=1S/C5H8O2.C4H7NO/c1-3-5(7)4(2)6;1-3(2)4(5)6/h3H2,1-2H3;1H2,2H3,(H2,5,6). The van der Waals surface area contributed by atoms with Gasteiger partial charge in [-0.2, -0.15) is 0 Å². The van der Waals surface area contributed by atoms with Crippen LogP contribution >= 0.6 is 0 Å². The average Bonchev–Trinajstić information content (AvgIpc) is 2.03. The van der Waals surface area contributed by atoms with Crippen molar-refractivity contribution in [2.75, 3.05) is 0 Å². The number of nitrogens with two attached hydrogens (primary N) is 1. The Bertz CT molecular complexity index is 219. The van der Waals surface area contributed by atoms with Gasteiger partial charge in [0.1, 0.15) is 0 Å². The first-order chi connectivity index (χ1) is 5.82. The van der Waals surface area contributed by atoms with Gasteiger partial charge in [0.05, 0.1) is 0 Å². The van der Waals surface area contributed by atoms with Crippen molar-refractivity contribution < 1.29 is 14.4 Å². The smallest absolute Gasteiger partial charge is 0.243 e. The Morgan fingerprint density at radius 1 is 1.23 bits per heavy atom. The van der Waals surface area contributed by atoms with Gasteiger partial charge >= 0.3 is 0 Å². The fraction of sp³-hybridized carbons (Fsp3) is 0.444. The Balaban J connectivity index is 0. The lowest BCUT2D eigenvalue weighted by Gasteiger charge is -1.81. The molecule has 0 fully saturated rings. The summed E-state index contributed by atoms with van der Waals surface area (Å²) in [6.45, 7) is 7.81. The number of rotatable bonds is 3. The molecule has 4 nitrogen and oxygen atoms in total. The van der Waals surface area contributed by atoms with Gasteiger partial charge < -0.3 is 5.73 Å². The zero-order valence-corrected chi connectivity index (χ0v) is 8.22. The number of hydrogen-bond acceptors (Lipinski definition) is 3. The van der Waals surface area contributed by atoms with Gasteiger partial charge in [0.25, 0.3) is 0 Å². The van der Waals surface area contributed by atoms with E-state index in [1.165, 1.54) is 6.92 Å². The first-order valence-electron chi connectivity index (χ1n) is 3.82. The van der Waals surface area contributed by atoms with Crippen molar-refractivity contribution in [2.24, 2.45) is 5.73 Å². The monoisotopic (exact) mass is 185 g/mol. The molecule has 2 N–H and O–H groups in total. The molecule has 0 aromatic heterocycles. The van der Waals surface area contributed by atoms with Crippen LogP contribution in [-0.2, 0) is 14.4 Å². The highest BCUT2D eigenvalue weighted by atomic mass is 16.2. The lowest BCUT2D eigenvalue weighted by atomic mass is 10.2. The molecule has 0 atom stereocenters. The largest absolute Gasteiger partial charge is 0.366 e. The molecule has 0 saturated carbocycles. The van der Waals surface area contributed by atoms with Gasteiger partial charge in [0, 0.05) is 18.9 Å². The second kappa shape index (κ2) is 7.21. The lowest BCUT2D eigenvalue weighted by molar-refractivity contribution is -0.135. The second-order valence-electron chi connectivity index (χ2n) is 2.48. The third kappa shape index (κ3) is 10.6. The molecule has 0 aromatic carbocycles. The van der Waals surface area contributed by atoms with E-state index in [1.807, 2.05) is 0 Å². The van der Waals surface area contributed by atoms with E-state index in [2.05, 4.69) is 6.58 Å². The summed E-state index contributed by atoms with van der Waals surface area (Å²) in [5.74, 6) is -1.07. The maximum absolute atomic E-state index is 10.2. The second-order valence-corrected chi connectivity index (χ2v) is 2.48. The highest BCUT2D eigenvalue weighted by molar-refractivity contribution is 6.36. The van der Waals surface area contributed by atoms with Crippen LogP contribution in [0.1, 0.15) is 27.2 Å². The van der Waals surface area contributed by atoms with E-state index in [9.17, 15) is 14.4 Å². The normalized spacial score (nSPS) is 7.92. The number of carbonyl (C=O) groups excluding carboxylic acids is 3. The van der Waals surface area contributed by atoms with E-state index < -0.39 is 5.91 Å². The summed E-state index contributed by atoms with van der Waals surface area (Å²) in [5, 5.41) is 0. The molecule has 74 valence electrons. The molecule has 0 heterocycles. The summed E-state index contributed by atoms with van der Waals surface area (Å²) < 4.78 is 0. The van der Waals surface area contributed by atoms with Crippen LogP contribution in [-0.4, -0.2) is 17.5 Å². The average molecular weight is 185 g/mol. The van der Waals surface area contributed by atoms with E-state index in [0.29, 0.717) is 12.0 Å². The number of Topliss-reactive ketones (excluding diaryl/α,β-unsaturated/α-hetero) is 2. The van der Waals surface area contributed by atoms with Crippen LogP contribution in [0.4, 0.5) is 0 Å². The third-order valence-electron chi connectivity index (χ3n) is 1.13. The first kappa shape index (κ1) is 14.1. The van der Waals surface area contributed by atoms with E-state index in [-0.39, 0.29) is 11.6 Å². The van der Waals surface area contributed by atoms with Gasteiger partial charge in [0.2, 0.25) is 5.91 Å². The van der Waals surface area contributed by atoms with E-state index in [0.717, 1.165) is 0 Å². The predicted octanol–water partition coefficient (Wildman–Crippen LogP) is 0.602. The van der Waals surface area contributed by atoms with E-state index in [1.54, 1.807) is 13.8 Å². The van der Waals surface area contributed by atoms with Crippen LogP contribution in [0.3, 0.4) is 0 Å². The van der Waals surface area contributed by atoms with Gasteiger partial charge in [-0.1, -0.05) is 13.5 Å². The number of hydrogen-bond donors (Lipinski definition) is 1. The fourth-order valence-corrected chi connectivity index (χ4v) is 0.249. The van der Waals surface area contributed by atoms with Gasteiger partial charge in [0.15, 0.2) is 11.6 Å². The van der Waals surface area contributed by atoms with Crippen LogP contribution in [0.5, 0.6) is 0 Å². The van der Waals surface area contributed by atoms with Crippen molar-refractivity contribution in [2.45, 2.75) is 27.2 Å². The molecule has 4 heteroatoms. The third-order valence-corrected chi connectivity index (χ3v) is 1.13. The molecule has 13 heavy (non-hydrogen) atoms. The Kier molecular flexibility index (Phi) is 7.82. The highest BCUT2D eigenvalue weighted by Gasteiger charge is 2.00. The van der Waals surface area contributed by atoms with Gasteiger partial charge in [-0.3, -0.25) is 14.4 Å². The van der Waals surface area contributed by atoms with Crippen LogP contribution in [0.25, 0.3) is 0 Å². The molecular formula is C9H15NO3. The number of primary amides is 1. The van der Waals surface area contributed by atoms with Crippen molar-refractivity contribution >= 4 is 17.5 Å². The van der Waals surface area contributed by atoms with Crippen LogP contribution < -0.4 is 5.73 Å². The van der Waals surface area contributed by atoms with Crippen LogP contribution in [0.2, 0.25) is 0 Å². The fourth-order valence-electron chi connectivity index (χ4n) is 0.249. The van der Waals surface area contributed by atoms with Gasteiger partial charge in [-0.25, -0.2) is 0 Å². The lowest BCUT2D eigenvalue weighted by Crippen LogP contribution is -2.10. The maximum Gasteiger partial charge on any atom is 0.243 e. The molecule has 0 bridgehead atoms. The van der Waals surface area contributed by atoms with E-state index in [4.69, 9.17) is 5.73 Å². The van der Waals surface area contributed by atoms with Gasteiger partial charge in [-0.15, -0.1) is 0 Å². The topological polar surface area (TPSA) is 77.2 Å². The Morgan fingerprint density at radius 3 is 1.54 bits per heavy atom. The highest BCUT2D eigenvalue weighted by Crippen LogP contribution is 1.79. The van der Waals surface area contributed by atoms with Crippen molar-refractivity contribution in [3.63, 3.8) is 0 Å². The minimum Gasteiger partial charge on any atom is -0.366 e. The maximum atomic E-state index is 10.2. The van der Waals surface area contributed by atoms with Crippen molar-refractivity contribution in [1.29, 1.82) is 0 Å². The summed E-state index contributed by atoms with van der Waals surface area (Å²) >= 11 is 0. The Hall–Kier alpha value is -1.45. The molecule has 0 rings (SSSR count). The zero-order valence-electron chi connectivity index (χ0n) is 8.22. The van der Waals surface area contributed by atoms with Crippen molar-refractivity contribution in [3.05, 3.63) is 12.2 Å². The number of carbonyl (C=O) groups is 3. The number of amides is 1.